The monoisotopic (exact) mass is 344 g/mol. The van der Waals surface area contributed by atoms with Gasteiger partial charge in [-0.2, -0.15) is 0 Å². The maximum atomic E-state index is 12.5. The van der Waals surface area contributed by atoms with Gasteiger partial charge >= 0.3 is 0 Å². The van der Waals surface area contributed by atoms with Gasteiger partial charge in [0.05, 0.1) is 6.54 Å². The third kappa shape index (κ3) is 3.31. The molecule has 1 saturated heterocycles. The third-order valence-electron chi connectivity index (χ3n) is 4.88. The summed E-state index contributed by atoms with van der Waals surface area (Å²) in [5, 5.41) is 5.03. The highest BCUT2D eigenvalue weighted by Gasteiger charge is 2.31. The van der Waals surface area contributed by atoms with E-state index in [9.17, 15) is 9.59 Å². The molecule has 26 heavy (non-hydrogen) atoms. The molecule has 1 aliphatic heterocycles. The Labute approximate surface area is 152 Å². The Morgan fingerprint density at radius 2 is 1.69 bits per heavy atom. The molecule has 130 valence electrons. The molecule has 0 aliphatic carbocycles. The van der Waals surface area contributed by atoms with Gasteiger partial charge in [-0.05, 0) is 17.0 Å². The van der Waals surface area contributed by atoms with Crippen molar-refractivity contribution in [2.75, 3.05) is 18.4 Å². The number of nitrogens with one attached hydrogen (secondary N) is 1. The van der Waals surface area contributed by atoms with Crippen LogP contribution in [0.3, 0.4) is 0 Å². The number of nitrogens with zero attached hydrogens (tertiary/aromatic N) is 1. The van der Waals surface area contributed by atoms with Gasteiger partial charge in [0.2, 0.25) is 11.8 Å². The van der Waals surface area contributed by atoms with Crippen LogP contribution in [0.4, 0.5) is 5.69 Å². The van der Waals surface area contributed by atoms with E-state index in [1.54, 1.807) is 4.90 Å². The zero-order valence-corrected chi connectivity index (χ0v) is 14.4. The molecule has 2 amide bonds. The van der Waals surface area contributed by atoms with Crippen molar-refractivity contribution >= 4 is 28.3 Å². The first-order chi connectivity index (χ1) is 12.7. The van der Waals surface area contributed by atoms with Gasteiger partial charge in [0, 0.05) is 30.0 Å². The molecule has 4 nitrogen and oxygen atoms in total. The lowest BCUT2D eigenvalue weighted by atomic mass is 9.99. The fourth-order valence-electron chi connectivity index (χ4n) is 3.57. The van der Waals surface area contributed by atoms with Crippen molar-refractivity contribution in [3.05, 3.63) is 78.4 Å². The second-order valence-electron chi connectivity index (χ2n) is 6.66. The number of likely N-dealkylation sites (tertiary alicyclic amines) is 1. The van der Waals surface area contributed by atoms with Crippen molar-refractivity contribution in [2.45, 2.75) is 12.3 Å². The first-order valence-electron chi connectivity index (χ1n) is 8.81. The number of carbonyl (C=O) groups is 2. The lowest BCUT2D eigenvalue weighted by Crippen LogP contribution is -2.34. The van der Waals surface area contributed by atoms with Crippen LogP contribution in [0.1, 0.15) is 17.9 Å². The van der Waals surface area contributed by atoms with Crippen LogP contribution in [0.5, 0.6) is 0 Å². The second-order valence-corrected chi connectivity index (χ2v) is 6.66. The largest absolute Gasteiger partial charge is 0.333 e. The number of anilines is 1. The molecule has 3 aromatic rings. The molecule has 0 radical (unpaired) electrons. The summed E-state index contributed by atoms with van der Waals surface area (Å²) in [4.78, 5) is 26.5. The molecule has 0 aromatic heterocycles. The van der Waals surface area contributed by atoms with E-state index in [0.29, 0.717) is 13.0 Å². The molecule has 1 heterocycles. The minimum Gasteiger partial charge on any atom is -0.333 e. The minimum atomic E-state index is -0.164. The highest BCUT2D eigenvalue weighted by atomic mass is 16.2. The maximum Gasteiger partial charge on any atom is 0.244 e. The molecule has 1 aliphatic rings. The van der Waals surface area contributed by atoms with Gasteiger partial charge in [-0.15, -0.1) is 0 Å². The molecule has 0 spiro atoms. The lowest BCUT2D eigenvalue weighted by molar-refractivity contribution is -0.131. The van der Waals surface area contributed by atoms with Gasteiger partial charge in [-0.25, -0.2) is 0 Å². The molecule has 3 aromatic carbocycles. The Kier molecular flexibility index (Phi) is 4.40. The summed E-state index contributed by atoms with van der Waals surface area (Å²) < 4.78 is 0. The normalized spacial score (nSPS) is 16.8. The number of carbonyl (C=O) groups excluding carboxylic acids is 2. The van der Waals surface area contributed by atoms with Crippen LogP contribution in [0.2, 0.25) is 0 Å². The SMILES string of the molecule is O=C(CN1CC(c2ccccc2)CC1=O)Nc1cccc2ccccc12. The quantitative estimate of drug-likeness (QED) is 0.783. The number of rotatable bonds is 4. The van der Waals surface area contributed by atoms with Crippen LogP contribution < -0.4 is 5.32 Å². The summed E-state index contributed by atoms with van der Waals surface area (Å²) in [7, 11) is 0. The van der Waals surface area contributed by atoms with E-state index in [1.807, 2.05) is 72.8 Å². The van der Waals surface area contributed by atoms with Crippen LogP contribution in [0.25, 0.3) is 10.8 Å². The van der Waals surface area contributed by atoms with E-state index in [-0.39, 0.29) is 24.3 Å². The molecule has 0 bridgehead atoms. The molecular formula is C22H20N2O2. The van der Waals surface area contributed by atoms with Crippen LogP contribution in [-0.2, 0) is 9.59 Å². The summed E-state index contributed by atoms with van der Waals surface area (Å²) >= 11 is 0. The molecule has 1 unspecified atom stereocenters. The van der Waals surface area contributed by atoms with E-state index in [2.05, 4.69) is 5.32 Å². The van der Waals surface area contributed by atoms with Gasteiger partial charge in [0.15, 0.2) is 0 Å². The van der Waals surface area contributed by atoms with Crippen molar-refractivity contribution in [2.24, 2.45) is 0 Å². The van der Waals surface area contributed by atoms with Crippen molar-refractivity contribution < 1.29 is 9.59 Å². The Hall–Kier alpha value is -3.14. The zero-order chi connectivity index (χ0) is 17.9. The van der Waals surface area contributed by atoms with Crippen LogP contribution >= 0.6 is 0 Å². The van der Waals surface area contributed by atoms with Crippen molar-refractivity contribution in [3.8, 4) is 0 Å². The summed E-state index contributed by atoms with van der Waals surface area (Å²) in [6, 6.07) is 23.8. The molecule has 4 heteroatoms. The minimum absolute atomic E-state index is 0.0342. The van der Waals surface area contributed by atoms with Crippen LogP contribution in [0, 0.1) is 0 Å². The highest BCUT2D eigenvalue weighted by molar-refractivity contribution is 6.03. The lowest BCUT2D eigenvalue weighted by Gasteiger charge is -2.17. The first kappa shape index (κ1) is 16.3. The highest BCUT2D eigenvalue weighted by Crippen LogP contribution is 2.28. The second kappa shape index (κ2) is 7.00. The fraction of sp³-hybridized carbons (Fsp3) is 0.182. The van der Waals surface area contributed by atoms with E-state index < -0.39 is 0 Å². The Morgan fingerprint density at radius 3 is 2.54 bits per heavy atom. The van der Waals surface area contributed by atoms with Crippen molar-refractivity contribution in [1.29, 1.82) is 0 Å². The average molecular weight is 344 g/mol. The van der Waals surface area contributed by atoms with Gasteiger partial charge in [0.25, 0.3) is 0 Å². The third-order valence-corrected chi connectivity index (χ3v) is 4.88. The fourth-order valence-corrected chi connectivity index (χ4v) is 3.57. The molecule has 1 fully saturated rings. The topological polar surface area (TPSA) is 49.4 Å². The van der Waals surface area contributed by atoms with E-state index in [1.165, 1.54) is 0 Å². The number of fused-ring (bicyclic) bond motifs is 1. The maximum absolute atomic E-state index is 12.5. The summed E-state index contributed by atoms with van der Waals surface area (Å²) in [5.74, 6) is 0.0318. The predicted molar refractivity (Wildman–Crippen MR) is 103 cm³/mol. The molecule has 1 N–H and O–H groups in total. The van der Waals surface area contributed by atoms with E-state index in [4.69, 9.17) is 0 Å². The summed E-state index contributed by atoms with van der Waals surface area (Å²) in [6.45, 7) is 0.678. The van der Waals surface area contributed by atoms with Crippen LogP contribution in [0.15, 0.2) is 72.8 Å². The Balaban J connectivity index is 1.44. The Bertz CT molecular complexity index is 947. The first-order valence-corrected chi connectivity index (χ1v) is 8.81. The smallest absolute Gasteiger partial charge is 0.244 e. The summed E-state index contributed by atoms with van der Waals surface area (Å²) in [5.41, 5.74) is 1.93. The molecule has 0 saturated carbocycles. The number of amides is 2. The number of hydrogen-bond acceptors (Lipinski definition) is 2. The summed E-state index contributed by atoms with van der Waals surface area (Å²) in [6.07, 6.45) is 0.464. The number of hydrogen-bond donors (Lipinski definition) is 1. The van der Waals surface area contributed by atoms with Crippen molar-refractivity contribution in [3.63, 3.8) is 0 Å². The van der Waals surface area contributed by atoms with Gasteiger partial charge in [0.1, 0.15) is 0 Å². The Morgan fingerprint density at radius 1 is 0.962 bits per heavy atom. The average Bonchev–Trinajstić information content (AvgIpc) is 3.03. The van der Waals surface area contributed by atoms with Crippen LogP contribution in [-0.4, -0.2) is 29.8 Å². The molecule has 1 atom stereocenters. The van der Waals surface area contributed by atoms with Gasteiger partial charge < -0.3 is 10.2 Å². The van der Waals surface area contributed by atoms with Crippen molar-refractivity contribution in [1.82, 2.24) is 4.90 Å². The molecule has 4 rings (SSSR count). The zero-order valence-electron chi connectivity index (χ0n) is 14.4. The molecular weight excluding hydrogens is 324 g/mol. The van der Waals surface area contributed by atoms with Gasteiger partial charge in [-0.3, -0.25) is 9.59 Å². The standard InChI is InChI=1S/C22H20N2O2/c25-21(23-20-12-6-10-17-9-4-5-11-19(17)20)15-24-14-18(13-22(24)26)16-7-2-1-3-8-16/h1-12,18H,13-15H2,(H,23,25). The van der Waals surface area contributed by atoms with Gasteiger partial charge in [-0.1, -0.05) is 66.7 Å². The van der Waals surface area contributed by atoms with E-state index >= 15 is 0 Å². The van der Waals surface area contributed by atoms with E-state index in [0.717, 1.165) is 22.0 Å². The number of benzene rings is 3. The predicted octanol–water partition coefficient (Wildman–Crippen LogP) is 3.79.